The molecule has 3 rings (SSSR count). The van der Waals surface area contributed by atoms with Gasteiger partial charge in [0.1, 0.15) is 12.0 Å². The quantitative estimate of drug-likeness (QED) is 0.700. The van der Waals surface area contributed by atoms with Gasteiger partial charge in [0.25, 0.3) is 5.91 Å². The van der Waals surface area contributed by atoms with E-state index in [9.17, 15) is 4.79 Å². The van der Waals surface area contributed by atoms with Gasteiger partial charge in [0.2, 0.25) is 0 Å². The highest BCUT2D eigenvalue weighted by atomic mass is 16.5. The summed E-state index contributed by atoms with van der Waals surface area (Å²) in [4.78, 5) is 11.9. The lowest BCUT2D eigenvalue weighted by atomic mass is 10.2. The molecule has 0 aliphatic rings. The van der Waals surface area contributed by atoms with Crippen molar-refractivity contribution in [2.75, 3.05) is 5.32 Å². The van der Waals surface area contributed by atoms with Gasteiger partial charge in [-0.1, -0.05) is 23.4 Å². The lowest BCUT2D eigenvalue weighted by Crippen LogP contribution is -2.12. The third kappa shape index (κ3) is 1.65. The number of aromatic nitrogens is 3. The molecule has 1 aromatic carbocycles. The van der Waals surface area contributed by atoms with Crippen LogP contribution in [0.4, 0.5) is 5.69 Å². The van der Waals surface area contributed by atoms with Crippen LogP contribution in [0.1, 0.15) is 10.5 Å². The summed E-state index contributed by atoms with van der Waals surface area (Å²) in [5.41, 5.74) is 1.67. The van der Waals surface area contributed by atoms with Crippen LogP contribution in [0.25, 0.3) is 10.9 Å². The third-order valence-electron chi connectivity index (χ3n) is 2.38. The molecule has 6 heteroatoms. The second kappa shape index (κ2) is 3.75. The van der Waals surface area contributed by atoms with Gasteiger partial charge in [-0.15, -0.1) is 0 Å². The number of H-pyrrole nitrogens is 1. The number of anilines is 1. The number of rotatable bonds is 2. The lowest BCUT2D eigenvalue weighted by Gasteiger charge is -1.97. The lowest BCUT2D eigenvalue weighted by molar-refractivity contribution is 0.102. The summed E-state index contributed by atoms with van der Waals surface area (Å²) >= 11 is 0. The van der Waals surface area contributed by atoms with Gasteiger partial charge in [-0.05, 0) is 6.07 Å². The summed E-state index contributed by atoms with van der Waals surface area (Å²) in [5, 5.41) is 13.7. The summed E-state index contributed by atoms with van der Waals surface area (Å²) in [7, 11) is 0. The maximum atomic E-state index is 11.9. The summed E-state index contributed by atoms with van der Waals surface area (Å²) in [6, 6.07) is 7.43. The monoisotopic (exact) mass is 228 g/mol. The molecule has 0 saturated carbocycles. The van der Waals surface area contributed by atoms with Gasteiger partial charge in [-0.3, -0.25) is 9.89 Å². The molecule has 0 fully saturated rings. The van der Waals surface area contributed by atoms with Crippen molar-refractivity contribution in [2.45, 2.75) is 0 Å². The molecule has 6 nitrogen and oxygen atoms in total. The van der Waals surface area contributed by atoms with E-state index in [4.69, 9.17) is 0 Å². The van der Waals surface area contributed by atoms with Crippen LogP contribution in [0, 0.1) is 0 Å². The SMILES string of the molecule is O=C(Nc1cnoc1)c1n[nH]c2ccccc12. The van der Waals surface area contributed by atoms with E-state index in [-0.39, 0.29) is 5.91 Å². The number of para-hydroxylation sites is 1. The molecule has 84 valence electrons. The van der Waals surface area contributed by atoms with Gasteiger partial charge in [0, 0.05) is 5.39 Å². The minimum Gasteiger partial charge on any atom is -0.363 e. The predicted molar refractivity (Wildman–Crippen MR) is 60.5 cm³/mol. The van der Waals surface area contributed by atoms with E-state index in [1.54, 1.807) is 0 Å². The fourth-order valence-corrected chi connectivity index (χ4v) is 1.59. The van der Waals surface area contributed by atoms with Crippen molar-refractivity contribution in [3.8, 4) is 0 Å². The molecule has 0 bridgehead atoms. The number of hydrogen-bond acceptors (Lipinski definition) is 4. The van der Waals surface area contributed by atoms with Crippen molar-refractivity contribution in [1.82, 2.24) is 15.4 Å². The number of carbonyl (C=O) groups excluding carboxylic acids is 1. The van der Waals surface area contributed by atoms with Crippen LogP contribution in [0.5, 0.6) is 0 Å². The first-order valence-corrected chi connectivity index (χ1v) is 4.98. The van der Waals surface area contributed by atoms with E-state index in [2.05, 4.69) is 25.2 Å². The fourth-order valence-electron chi connectivity index (χ4n) is 1.59. The molecular formula is C11H8N4O2. The van der Waals surface area contributed by atoms with Crippen LogP contribution in [0.3, 0.4) is 0 Å². The second-order valence-corrected chi connectivity index (χ2v) is 3.49. The van der Waals surface area contributed by atoms with Crippen LogP contribution >= 0.6 is 0 Å². The van der Waals surface area contributed by atoms with E-state index >= 15 is 0 Å². The standard InChI is InChI=1S/C11H8N4O2/c16-11(13-7-5-12-17-6-7)10-8-3-1-2-4-9(8)14-15-10/h1-6H,(H,13,16)(H,14,15). The van der Waals surface area contributed by atoms with E-state index < -0.39 is 0 Å². The van der Waals surface area contributed by atoms with Crippen LogP contribution < -0.4 is 5.32 Å². The zero-order valence-corrected chi connectivity index (χ0v) is 8.68. The molecule has 3 aromatic rings. The number of fused-ring (bicyclic) bond motifs is 1. The first-order chi connectivity index (χ1) is 8.34. The Labute approximate surface area is 95.6 Å². The van der Waals surface area contributed by atoms with Gasteiger partial charge < -0.3 is 9.84 Å². The van der Waals surface area contributed by atoms with E-state index in [0.717, 1.165) is 10.9 Å². The molecule has 17 heavy (non-hydrogen) atoms. The molecular weight excluding hydrogens is 220 g/mol. The van der Waals surface area contributed by atoms with Crippen molar-refractivity contribution >= 4 is 22.5 Å². The van der Waals surface area contributed by atoms with Gasteiger partial charge >= 0.3 is 0 Å². The Morgan fingerprint density at radius 2 is 2.24 bits per heavy atom. The average Bonchev–Trinajstić information content (AvgIpc) is 2.96. The highest BCUT2D eigenvalue weighted by molar-refractivity contribution is 6.10. The highest BCUT2D eigenvalue weighted by Gasteiger charge is 2.14. The third-order valence-corrected chi connectivity index (χ3v) is 2.38. The Hall–Kier alpha value is -2.63. The Morgan fingerprint density at radius 3 is 3.06 bits per heavy atom. The molecule has 0 spiro atoms. The number of aromatic amines is 1. The number of hydrogen-bond donors (Lipinski definition) is 2. The smallest absolute Gasteiger partial charge is 0.276 e. The number of benzene rings is 1. The number of carbonyl (C=O) groups is 1. The summed E-state index contributed by atoms with van der Waals surface area (Å²) in [6.07, 6.45) is 2.78. The Bertz CT molecular complexity index is 657. The maximum absolute atomic E-state index is 11.9. The Balaban J connectivity index is 1.96. The topological polar surface area (TPSA) is 83.8 Å². The molecule has 0 atom stereocenters. The maximum Gasteiger partial charge on any atom is 0.276 e. The fraction of sp³-hybridized carbons (Fsp3) is 0. The first kappa shape index (κ1) is 9.59. The normalized spacial score (nSPS) is 10.6. The van der Waals surface area contributed by atoms with Crippen molar-refractivity contribution in [2.24, 2.45) is 0 Å². The van der Waals surface area contributed by atoms with Gasteiger partial charge in [-0.2, -0.15) is 5.10 Å². The molecule has 2 heterocycles. The second-order valence-electron chi connectivity index (χ2n) is 3.49. The van der Waals surface area contributed by atoms with Crippen molar-refractivity contribution in [3.63, 3.8) is 0 Å². The van der Waals surface area contributed by atoms with Crippen molar-refractivity contribution < 1.29 is 9.32 Å². The van der Waals surface area contributed by atoms with E-state index in [0.29, 0.717) is 11.4 Å². The van der Waals surface area contributed by atoms with E-state index in [1.807, 2.05) is 24.3 Å². The summed E-state index contributed by atoms with van der Waals surface area (Å²) < 4.78 is 4.63. The largest absolute Gasteiger partial charge is 0.363 e. The molecule has 0 aliphatic heterocycles. The zero-order chi connectivity index (χ0) is 11.7. The van der Waals surface area contributed by atoms with Crippen LogP contribution in [-0.2, 0) is 0 Å². The zero-order valence-electron chi connectivity index (χ0n) is 8.68. The predicted octanol–water partition coefficient (Wildman–Crippen LogP) is 1.80. The molecule has 2 aromatic heterocycles. The molecule has 0 unspecified atom stereocenters. The number of nitrogens with zero attached hydrogens (tertiary/aromatic N) is 2. The summed E-state index contributed by atoms with van der Waals surface area (Å²) in [5.74, 6) is -0.300. The first-order valence-electron chi connectivity index (χ1n) is 4.98. The summed E-state index contributed by atoms with van der Waals surface area (Å²) in [6.45, 7) is 0. The van der Waals surface area contributed by atoms with Crippen LogP contribution in [-0.4, -0.2) is 21.3 Å². The Kier molecular flexibility index (Phi) is 2.11. The number of nitrogens with one attached hydrogen (secondary N) is 2. The van der Waals surface area contributed by atoms with E-state index in [1.165, 1.54) is 12.5 Å². The van der Waals surface area contributed by atoms with Gasteiger partial charge in [0.15, 0.2) is 5.69 Å². The van der Waals surface area contributed by atoms with Crippen LogP contribution in [0.2, 0.25) is 0 Å². The Morgan fingerprint density at radius 1 is 1.35 bits per heavy atom. The molecule has 0 aliphatic carbocycles. The van der Waals surface area contributed by atoms with Crippen molar-refractivity contribution in [3.05, 3.63) is 42.4 Å². The minimum atomic E-state index is -0.300. The van der Waals surface area contributed by atoms with Crippen molar-refractivity contribution in [1.29, 1.82) is 0 Å². The van der Waals surface area contributed by atoms with Gasteiger partial charge in [0.05, 0.1) is 11.7 Å². The van der Waals surface area contributed by atoms with Crippen LogP contribution in [0.15, 0.2) is 41.2 Å². The molecule has 2 N–H and O–H groups in total. The van der Waals surface area contributed by atoms with Gasteiger partial charge in [-0.25, -0.2) is 0 Å². The minimum absolute atomic E-state index is 0.300. The molecule has 0 saturated heterocycles. The molecule has 1 amide bonds. The highest BCUT2D eigenvalue weighted by Crippen LogP contribution is 2.16. The molecule has 0 radical (unpaired) electrons. The average molecular weight is 228 g/mol. The number of amides is 1.